The van der Waals surface area contributed by atoms with Gasteiger partial charge < -0.3 is 18.9 Å². The van der Waals surface area contributed by atoms with Gasteiger partial charge in [-0.25, -0.2) is 4.98 Å². The van der Waals surface area contributed by atoms with Crippen LogP contribution in [-0.2, 0) is 6.61 Å². The highest BCUT2D eigenvalue weighted by Gasteiger charge is 2.26. The van der Waals surface area contributed by atoms with Crippen LogP contribution in [0.25, 0.3) is 5.65 Å². The number of amides is 1. The Labute approximate surface area is 202 Å². The average Bonchev–Trinajstić information content (AvgIpc) is 3.13. The number of fused-ring (bicyclic) bond motifs is 1. The number of likely N-dealkylation sites (tertiary alicyclic amines) is 2. The highest BCUT2D eigenvalue weighted by molar-refractivity contribution is 5.97. The van der Waals surface area contributed by atoms with Gasteiger partial charge in [0.15, 0.2) is 0 Å². The maximum absolute atomic E-state index is 13.4. The standard InChI is InChI=1S/C28H36N4O2/c1-22-9-8-16-32-20-24(29-27(22)32)21-34-26-11-5-4-10-25(26)28(33)31-17-12-23(13-18-31)19-30-14-6-2-3-7-15-30/h4-5,8-11,16,20,23H,2-3,6-7,12-15,17-19,21H2,1H3. The molecule has 5 rings (SSSR count). The lowest BCUT2D eigenvalue weighted by atomic mass is 9.95. The molecule has 0 aliphatic carbocycles. The van der Waals surface area contributed by atoms with E-state index >= 15 is 0 Å². The van der Waals surface area contributed by atoms with Crippen LogP contribution < -0.4 is 4.74 Å². The fraction of sp³-hybridized carbons (Fsp3) is 0.500. The van der Waals surface area contributed by atoms with Gasteiger partial charge in [0.25, 0.3) is 5.91 Å². The molecule has 0 bridgehead atoms. The second-order valence-electron chi connectivity index (χ2n) is 9.89. The quantitative estimate of drug-likeness (QED) is 0.522. The smallest absolute Gasteiger partial charge is 0.257 e. The number of carbonyl (C=O) groups excluding carboxylic acids is 1. The van der Waals surface area contributed by atoms with Crippen molar-refractivity contribution >= 4 is 11.6 Å². The predicted molar refractivity (Wildman–Crippen MR) is 134 cm³/mol. The number of imidazole rings is 1. The molecule has 0 spiro atoms. The van der Waals surface area contributed by atoms with E-state index in [4.69, 9.17) is 9.72 Å². The van der Waals surface area contributed by atoms with Crippen molar-refractivity contribution in [2.45, 2.75) is 52.1 Å². The van der Waals surface area contributed by atoms with E-state index in [9.17, 15) is 4.79 Å². The lowest BCUT2D eigenvalue weighted by Gasteiger charge is -2.35. The number of benzene rings is 1. The molecule has 4 heterocycles. The van der Waals surface area contributed by atoms with Gasteiger partial charge in [-0.1, -0.05) is 31.0 Å². The number of aromatic nitrogens is 2. The maximum atomic E-state index is 13.4. The lowest BCUT2D eigenvalue weighted by Crippen LogP contribution is -2.42. The topological polar surface area (TPSA) is 50.1 Å². The predicted octanol–water partition coefficient (Wildman–Crippen LogP) is 4.95. The molecule has 0 radical (unpaired) electrons. The molecule has 34 heavy (non-hydrogen) atoms. The fourth-order valence-electron chi connectivity index (χ4n) is 5.37. The average molecular weight is 461 g/mol. The van der Waals surface area contributed by atoms with Gasteiger partial charge in [0.2, 0.25) is 0 Å². The summed E-state index contributed by atoms with van der Waals surface area (Å²) in [6.45, 7) is 7.74. The summed E-state index contributed by atoms with van der Waals surface area (Å²) < 4.78 is 8.12. The van der Waals surface area contributed by atoms with Gasteiger partial charge in [0.1, 0.15) is 18.0 Å². The third-order valence-electron chi connectivity index (χ3n) is 7.34. The second kappa shape index (κ2) is 10.6. The summed E-state index contributed by atoms with van der Waals surface area (Å²) in [5.74, 6) is 1.41. The molecule has 2 fully saturated rings. The zero-order chi connectivity index (χ0) is 23.3. The SMILES string of the molecule is Cc1cccn2cc(COc3ccccc3C(=O)N3CCC(CN4CCCCCC4)CC3)nc12. The first-order valence-corrected chi connectivity index (χ1v) is 12.8. The minimum Gasteiger partial charge on any atom is -0.486 e. The first-order chi connectivity index (χ1) is 16.7. The zero-order valence-electron chi connectivity index (χ0n) is 20.3. The molecule has 0 N–H and O–H groups in total. The van der Waals surface area contributed by atoms with Gasteiger partial charge in [-0.05, 0) is 75.4 Å². The van der Waals surface area contributed by atoms with Crippen molar-refractivity contribution in [1.29, 1.82) is 0 Å². The molecule has 3 aromatic rings. The number of hydrogen-bond acceptors (Lipinski definition) is 4. The Balaban J connectivity index is 1.19. The fourth-order valence-corrected chi connectivity index (χ4v) is 5.37. The summed E-state index contributed by atoms with van der Waals surface area (Å²) in [7, 11) is 0. The Hall–Kier alpha value is -2.86. The van der Waals surface area contributed by atoms with Crippen LogP contribution in [0.5, 0.6) is 5.75 Å². The summed E-state index contributed by atoms with van der Waals surface area (Å²) in [6, 6.07) is 11.7. The minimum atomic E-state index is 0.0784. The molecule has 2 aromatic heterocycles. The molecule has 180 valence electrons. The molecule has 6 heteroatoms. The summed E-state index contributed by atoms with van der Waals surface area (Å²) >= 11 is 0. The second-order valence-corrected chi connectivity index (χ2v) is 9.89. The first kappa shape index (κ1) is 22.9. The normalized spacial score (nSPS) is 18.2. The Kier molecular flexibility index (Phi) is 7.14. The van der Waals surface area contributed by atoms with E-state index in [1.165, 1.54) is 45.3 Å². The highest BCUT2D eigenvalue weighted by Crippen LogP contribution is 2.26. The molecule has 0 unspecified atom stereocenters. The van der Waals surface area contributed by atoms with E-state index in [-0.39, 0.29) is 5.91 Å². The number of pyridine rings is 1. The Morgan fingerprint density at radius 1 is 1.00 bits per heavy atom. The van der Waals surface area contributed by atoms with Gasteiger partial charge in [-0.15, -0.1) is 0 Å². The Bertz CT molecular complexity index is 1110. The van der Waals surface area contributed by atoms with Crippen molar-refractivity contribution in [3.05, 3.63) is 65.6 Å². The van der Waals surface area contributed by atoms with Crippen molar-refractivity contribution in [2.75, 3.05) is 32.7 Å². The number of hydrogen-bond donors (Lipinski definition) is 0. The largest absolute Gasteiger partial charge is 0.486 e. The van der Waals surface area contributed by atoms with Crippen LogP contribution in [0, 0.1) is 12.8 Å². The van der Waals surface area contributed by atoms with E-state index in [2.05, 4.69) is 17.9 Å². The van der Waals surface area contributed by atoms with E-state index in [1.807, 2.05) is 52.0 Å². The minimum absolute atomic E-state index is 0.0784. The van der Waals surface area contributed by atoms with Gasteiger partial charge >= 0.3 is 0 Å². The van der Waals surface area contributed by atoms with Crippen LogP contribution >= 0.6 is 0 Å². The van der Waals surface area contributed by atoms with Crippen LogP contribution in [0.3, 0.4) is 0 Å². The van der Waals surface area contributed by atoms with Gasteiger partial charge in [-0.3, -0.25) is 4.79 Å². The molecule has 2 aliphatic rings. The number of carbonyl (C=O) groups is 1. The van der Waals surface area contributed by atoms with Crippen LogP contribution in [0.15, 0.2) is 48.8 Å². The van der Waals surface area contributed by atoms with Crippen molar-refractivity contribution < 1.29 is 9.53 Å². The molecule has 2 aliphatic heterocycles. The van der Waals surface area contributed by atoms with Crippen LogP contribution in [0.4, 0.5) is 0 Å². The van der Waals surface area contributed by atoms with Gasteiger partial charge in [0, 0.05) is 32.0 Å². The van der Waals surface area contributed by atoms with E-state index < -0.39 is 0 Å². The van der Waals surface area contributed by atoms with E-state index in [0.717, 1.165) is 42.8 Å². The monoisotopic (exact) mass is 460 g/mol. The number of nitrogens with zero attached hydrogens (tertiary/aromatic N) is 4. The van der Waals surface area contributed by atoms with Crippen molar-refractivity contribution in [2.24, 2.45) is 5.92 Å². The number of aryl methyl sites for hydroxylation is 1. The number of ether oxygens (including phenoxy) is 1. The summed E-state index contributed by atoms with van der Waals surface area (Å²) in [5, 5.41) is 0. The molecule has 2 saturated heterocycles. The first-order valence-electron chi connectivity index (χ1n) is 12.8. The molecule has 0 atom stereocenters. The van der Waals surface area contributed by atoms with Gasteiger partial charge in [-0.2, -0.15) is 0 Å². The number of para-hydroxylation sites is 1. The van der Waals surface area contributed by atoms with E-state index in [1.54, 1.807) is 0 Å². The van der Waals surface area contributed by atoms with Crippen molar-refractivity contribution in [1.82, 2.24) is 19.2 Å². The molecule has 1 aromatic carbocycles. The van der Waals surface area contributed by atoms with Crippen LogP contribution in [-0.4, -0.2) is 57.8 Å². The van der Waals surface area contributed by atoms with Gasteiger partial charge in [0.05, 0.1) is 11.3 Å². The molecule has 6 nitrogen and oxygen atoms in total. The van der Waals surface area contributed by atoms with Crippen LogP contribution in [0.2, 0.25) is 0 Å². The molecular formula is C28H36N4O2. The summed E-state index contributed by atoms with van der Waals surface area (Å²) in [4.78, 5) is 22.7. The summed E-state index contributed by atoms with van der Waals surface area (Å²) in [5.41, 5.74) is 3.57. The molecule has 1 amide bonds. The Morgan fingerprint density at radius 3 is 2.53 bits per heavy atom. The molecular weight excluding hydrogens is 424 g/mol. The van der Waals surface area contributed by atoms with E-state index in [0.29, 0.717) is 23.8 Å². The van der Waals surface area contributed by atoms with Crippen molar-refractivity contribution in [3.8, 4) is 5.75 Å². The highest BCUT2D eigenvalue weighted by atomic mass is 16.5. The lowest BCUT2D eigenvalue weighted by molar-refractivity contribution is 0.0663. The Morgan fingerprint density at radius 2 is 1.76 bits per heavy atom. The maximum Gasteiger partial charge on any atom is 0.257 e. The van der Waals surface area contributed by atoms with Crippen molar-refractivity contribution in [3.63, 3.8) is 0 Å². The summed E-state index contributed by atoms with van der Waals surface area (Å²) in [6.07, 6.45) is 11.6. The number of piperidine rings is 1. The molecule has 0 saturated carbocycles. The van der Waals surface area contributed by atoms with Crippen LogP contribution in [0.1, 0.15) is 60.1 Å². The number of rotatable bonds is 6. The third kappa shape index (κ3) is 5.27. The third-order valence-corrected chi connectivity index (χ3v) is 7.34. The zero-order valence-corrected chi connectivity index (χ0v) is 20.3.